The number of carboxylic acid groups (broad SMARTS) is 2. The first-order valence-electron chi connectivity index (χ1n) is 9.19. The minimum Gasteiger partial charge on any atom is -0.481 e. The average Bonchev–Trinajstić information content (AvgIpc) is 2.66. The summed E-state index contributed by atoms with van der Waals surface area (Å²) in [6.45, 7) is 5.41. The zero-order chi connectivity index (χ0) is 24.1. The van der Waals surface area contributed by atoms with Crippen molar-refractivity contribution in [2.45, 2.75) is 52.7 Å². The van der Waals surface area contributed by atoms with Gasteiger partial charge in [0, 0.05) is 61.7 Å². The Kier molecular flexibility index (Phi) is 21.9. The van der Waals surface area contributed by atoms with E-state index in [0.29, 0.717) is 0 Å². The molecule has 0 saturated heterocycles. The summed E-state index contributed by atoms with van der Waals surface area (Å²) in [5.74, 6) is -3.39. The van der Waals surface area contributed by atoms with Gasteiger partial charge in [0.25, 0.3) is 0 Å². The molecule has 0 aromatic heterocycles. The number of aliphatic carboxylic acids is 2. The molecule has 10 N–H and O–H groups in total. The van der Waals surface area contributed by atoms with Crippen molar-refractivity contribution in [1.82, 2.24) is 10.6 Å². The molecule has 14 heteroatoms. The minimum absolute atomic E-state index is 0. The van der Waals surface area contributed by atoms with Gasteiger partial charge in [-0.25, -0.2) is 0 Å². The fraction of sp³-hybridized carbons (Fsp3) is 0.778. The van der Waals surface area contributed by atoms with E-state index in [-0.39, 0.29) is 82.4 Å². The van der Waals surface area contributed by atoms with Crippen molar-refractivity contribution in [2.75, 3.05) is 26.3 Å². The van der Waals surface area contributed by atoms with E-state index in [9.17, 15) is 29.4 Å². The molecular weight excluding hydrogens is 460 g/mol. The third-order valence-electron chi connectivity index (χ3n) is 4.07. The zero-order valence-electron chi connectivity index (χ0n) is 18.9. The van der Waals surface area contributed by atoms with Gasteiger partial charge >= 0.3 is 11.9 Å². The number of nitrogens with one attached hydrogen (secondary N) is 2. The van der Waals surface area contributed by atoms with Gasteiger partial charge in [0.05, 0.1) is 26.1 Å². The number of rotatable bonds is 12. The van der Waals surface area contributed by atoms with Crippen LogP contribution in [0.2, 0.25) is 0 Å². The van der Waals surface area contributed by atoms with Crippen LogP contribution in [0.25, 0.3) is 0 Å². The van der Waals surface area contributed by atoms with Gasteiger partial charge in [-0.2, -0.15) is 0 Å². The Morgan fingerprint density at radius 1 is 0.719 bits per heavy atom. The Hall–Kier alpha value is -1.06. The summed E-state index contributed by atoms with van der Waals surface area (Å²) in [5.41, 5.74) is -1.87. The van der Waals surface area contributed by atoms with Crippen LogP contribution in [-0.4, -0.2) is 136 Å². The van der Waals surface area contributed by atoms with E-state index in [1.165, 1.54) is 27.7 Å². The molecular formula is C18H36CaN2O11. The monoisotopic (exact) mass is 496 g/mol. The van der Waals surface area contributed by atoms with Crippen LogP contribution in [0.15, 0.2) is 0 Å². The van der Waals surface area contributed by atoms with Crippen LogP contribution >= 0.6 is 0 Å². The van der Waals surface area contributed by atoms with E-state index in [4.69, 9.17) is 20.4 Å². The summed E-state index contributed by atoms with van der Waals surface area (Å²) in [7, 11) is 0. The molecule has 0 rings (SSSR count). The van der Waals surface area contributed by atoms with Crippen LogP contribution in [0.5, 0.6) is 0 Å². The van der Waals surface area contributed by atoms with Gasteiger partial charge in [0.1, 0.15) is 12.2 Å². The summed E-state index contributed by atoms with van der Waals surface area (Å²) in [5, 5.41) is 57.9. The van der Waals surface area contributed by atoms with Crippen LogP contribution in [-0.2, 0) is 19.2 Å². The third kappa shape index (κ3) is 16.6. The van der Waals surface area contributed by atoms with Crippen molar-refractivity contribution in [1.29, 1.82) is 0 Å². The topological polar surface area (TPSA) is 245 Å². The Morgan fingerprint density at radius 2 is 0.969 bits per heavy atom. The van der Waals surface area contributed by atoms with Crippen molar-refractivity contribution in [3.05, 3.63) is 0 Å². The molecule has 0 aliphatic heterocycles. The molecule has 0 aromatic rings. The number of carbonyl (C=O) groups excluding carboxylic acids is 2. The summed E-state index contributed by atoms with van der Waals surface area (Å²) in [4.78, 5) is 42.8. The number of aliphatic hydroxyl groups is 4. The third-order valence-corrected chi connectivity index (χ3v) is 4.07. The van der Waals surface area contributed by atoms with E-state index in [2.05, 4.69) is 10.6 Å². The molecule has 0 aliphatic carbocycles. The van der Waals surface area contributed by atoms with Crippen LogP contribution in [0.4, 0.5) is 0 Å². The second-order valence-electron chi connectivity index (χ2n) is 7.97. The van der Waals surface area contributed by atoms with Crippen LogP contribution < -0.4 is 10.6 Å². The van der Waals surface area contributed by atoms with E-state index in [1.807, 2.05) is 0 Å². The number of carbonyl (C=O) groups is 4. The van der Waals surface area contributed by atoms with Gasteiger partial charge in [-0.3, -0.25) is 19.2 Å². The Morgan fingerprint density at radius 3 is 1.16 bits per heavy atom. The fourth-order valence-electron chi connectivity index (χ4n) is 1.66. The SMILES string of the molecule is CC(C)(CO)[C@@H](O)C(=O)NCCC(=O)O.CC(C)(CO)[C@@H](O)C(=O)NCCC(=O)O.O.[Ca]. The smallest absolute Gasteiger partial charge is 0.305 e. The maximum Gasteiger partial charge on any atom is 0.305 e. The van der Waals surface area contributed by atoms with Crippen molar-refractivity contribution in [2.24, 2.45) is 10.8 Å². The molecule has 0 spiro atoms. The van der Waals surface area contributed by atoms with Crippen LogP contribution in [0.3, 0.4) is 0 Å². The number of carboxylic acids is 2. The summed E-state index contributed by atoms with van der Waals surface area (Å²) < 4.78 is 0. The quantitative estimate of drug-likeness (QED) is 0.125. The Labute approximate surface area is 216 Å². The molecule has 0 aromatic carbocycles. The first-order chi connectivity index (χ1) is 13.6. The minimum atomic E-state index is -1.35. The van der Waals surface area contributed by atoms with Gasteiger partial charge in [0.15, 0.2) is 0 Å². The molecule has 2 amide bonds. The van der Waals surface area contributed by atoms with Gasteiger partial charge in [-0.05, 0) is 0 Å². The number of hydrogen-bond acceptors (Lipinski definition) is 8. The number of amides is 2. The standard InChI is InChI=1S/2C9H17NO5.Ca.H2O/c2*1-9(2,5-11)7(14)8(15)10-4-3-6(12)13;;/h2*7,11,14H,3-5H2,1-2H3,(H,10,15)(H,12,13);;1H2/t2*7-;;/m00../s1. The summed E-state index contributed by atoms with van der Waals surface area (Å²) in [6, 6.07) is 0. The second kappa shape index (κ2) is 18.4. The van der Waals surface area contributed by atoms with Crippen molar-refractivity contribution < 1.29 is 55.3 Å². The Bertz CT molecular complexity index is 535. The number of aliphatic hydroxyl groups excluding tert-OH is 4. The van der Waals surface area contributed by atoms with Gasteiger partial charge < -0.3 is 46.7 Å². The predicted octanol–water partition coefficient (Wildman–Crippen LogP) is -3.29. The zero-order valence-corrected chi connectivity index (χ0v) is 21.1. The van der Waals surface area contributed by atoms with Crippen LogP contribution in [0, 0.1) is 10.8 Å². The van der Waals surface area contributed by atoms with Crippen molar-refractivity contribution in [3.8, 4) is 0 Å². The molecule has 13 nitrogen and oxygen atoms in total. The number of hydrogen-bond donors (Lipinski definition) is 8. The molecule has 2 radical (unpaired) electrons. The van der Waals surface area contributed by atoms with E-state index >= 15 is 0 Å². The molecule has 0 fully saturated rings. The molecule has 0 aliphatic rings. The van der Waals surface area contributed by atoms with E-state index in [0.717, 1.165) is 0 Å². The molecule has 0 bridgehead atoms. The molecule has 0 saturated carbocycles. The average molecular weight is 497 g/mol. The fourth-order valence-corrected chi connectivity index (χ4v) is 1.66. The molecule has 186 valence electrons. The maximum absolute atomic E-state index is 11.3. The van der Waals surface area contributed by atoms with Gasteiger partial charge in [0.2, 0.25) is 11.8 Å². The molecule has 2 atom stereocenters. The second-order valence-corrected chi connectivity index (χ2v) is 7.97. The largest absolute Gasteiger partial charge is 0.481 e. The summed E-state index contributed by atoms with van der Waals surface area (Å²) >= 11 is 0. The van der Waals surface area contributed by atoms with Crippen LogP contribution in [0.1, 0.15) is 40.5 Å². The van der Waals surface area contributed by atoms with E-state index in [1.54, 1.807) is 0 Å². The van der Waals surface area contributed by atoms with Crippen molar-refractivity contribution in [3.63, 3.8) is 0 Å². The molecule has 0 heterocycles. The van der Waals surface area contributed by atoms with E-state index < -0.39 is 46.8 Å². The van der Waals surface area contributed by atoms with Gasteiger partial charge in [-0.15, -0.1) is 0 Å². The molecule has 0 unspecified atom stereocenters. The molecule has 32 heavy (non-hydrogen) atoms. The predicted molar refractivity (Wildman–Crippen MR) is 114 cm³/mol. The first kappa shape index (κ1) is 38.2. The van der Waals surface area contributed by atoms with Gasteiger partial charge in [-0.1, -0.05) is 27.7 Å². The first-order valence-corrected chi connectivity index (χ1v) is 9.19. The summed E-state index contributed by atoms with van der Waals surface area (Å²) in [6.07, 6.45) is -3.09. The van der Waals surface area contributed by atoms with Crippen molar-refractivity contribution >= 4 is 61.5 Å². The maximum atomic E-state index is 11.3. The normalized spacial score (nSPS) is 12.5. The Balaban J connectivity index is -0.000000231.